The summed E-state index contributed by atoms with van der Waals surface area (Å²) >= 11 is 0. The average Bonchev–Trinajstić information content (AvgIpc) is 1.64. The Hall–Kier alpha value is -1.39. The van der Waals surface area contributed by atoms with Crippen LogP contribution in [-0.4, -0.2) is 22.5 Å². The third kappa shape index (κ3) is 1.89. The lowest BCUT2D eigenvalue weighted by atomic mass is 10.2. The molecule has 0 saturated carbocycles. The molecule has 0 rings (SSSR count). The molecule has 0 radical (unpaired) electrons. The van der Waals surface area contributed by atoms with Gasteiger partial charge in [0, 0.05) is 0 Å². The minimum Gasteiger partial charge on any atom is -0.410 e. The molecular weight excluding hydrogens is 122 g/mol. The van der Waals surface area contributed by atoms with Gasteiger partial charge in [0.2, 0.25) is 0 Å². The van der Waals surface area contributed by atoms with E-state index in [0.29, 0.717) is 0 Å². The van der Waals surface area contributed by atoms with E-state index in [1.807, 2.05) is 0 Å². The maximum atomic E-state index is 10.2. The summed E-state index contributed by atoms with van der Waals surface area (Å²) in [4.78, 5) is 10.2. The fourth-order valence-electron chi connectivity index (χ4n) is 0.309. The van der Waals surface area contributed by atoms with Crippen LogP contribution in [0.3, 0.4) is 0 Å². The van der Waals surface area contributed by atoms with E-state index in [0.717, 1.165) is 0 Å². The van der Waals surface area contributed by atoms with Crippen molar-refractivity contribution >= 4 is 17.3 Å². The first-order chi connectivity index (χ1) is 4.09. The monoisotopic (exact) mass is 129 g/mol. The van der Waals surface area contributed by atoms with Crippen molar-refractivity contribution in [1.29, 1.82) is 5.41 Å². The van der Waals surface area contributed by atoms with Crippen molar-refractivity contribution in [2.24, 2.45) is 10.9 Å². The average molecular weight is 129 g/mol. The largest absolute Gasteiger partial charge is 0.410 e. The van der Waals surface area contributed by atoms with Crippen molar-refractivity contribution in [2.45, 2.75) is 6.92 Å². The number of carbonyl (C=O) groups excluding carboxylic acids is 1. The molecule has 0 fully saturated rings. The lowest BCUT2D eigenvalue weighted by Crippen LogP contribution is -2.28. The van der Waals surface area contributed by atoms with Gasteiger partial charge in [-0.05, 0) is 6.92 Å². The molecule has 0 aromatic carbocycles. The molecule has 0 atom stereocenters. The molecule has 0 unspecified atom stereocenters. The van der Waals surface area contributed by atoms with Crippen molar-refractivity contribution in [3.63, 3.8) is 0 Å². The zero-order chi connectivity index (χ0) is 7.44. The summed E-state index contributed by atoms with van der Waals surface area (Å²) in [6.07, 6.45) is 0. The second kappa shape index (κ2) is 2.81. The van der Waals surface area contributed by atoms with Crippen molar-refractivity contribution in [1.82, 2.24) is 0 Å². The van der Waals surface area contributed by atoms with Crippen LogP contribution in [0.4, 0.5) is 0 Å². The Balaban J connectivity index is 4.38. The van der Waals surface area contributed by atoms with Gasteiger partial charge in [0.05, 0.1) is 5.71 Å². The first-order valence-electron chi connectivity index (χ1n) is 2.17. The van der Waals surface area contributed by atoms with Gasteiger partial charge in [0.1, 0.15) is 0 Å². The first kappa shape index (κ1) is 7.61. The highest BCUT2D eigenvalue weighted by molar-refractivity contribution is 6.65. The van der Waals surface area contributed by atoms with Gasteiger partial charge in [0.25, 0.3) is 5.91 Å². The Morgan fingerprint density at radius 1 is 1.78 bits per heavy atom. The van der Waals surface area contributed by atoms with E-state index in [1.165, 1.54) is 6.92 Å². The third-order valence-corrected chi connectivity index (χ3v) is 0.689. The molecule has 5 heteroatoms. The molecule has 50 valence electrons. The van der Waals surface area contributed by atoms with Gasteiger partial charge in [-0.25, -0.2) is 0 Å². The number of oxime groups is 1. The molecular formula is C4H7N3O2. The van der Waals surface area contributed by atoms with E-state index in [1.54, 1.807) is 0 Å². The first-order valence-corrected chi connectivity index (χ1v) is 2.17. The van der Waals surface area contributed by atoms with Gasteiger partial charge in [-0.3, -0.25) is 4.79 Å². The maximum Gasteiger partial charge on any atom is 0.272 e. The maximum absolute atomic E-state index is 10.2. The zero-order valence-electron chi connectivity index (χ0n) is 4.88. The van der Waals surface area contributed by atoms with Crippen LogP contribution in [0.15, 0.2) is 5.16 Å². The molecule has 0 saturated heterocycles. The quantitative estimate of drug-likeness (QED) is 0.262. The molecule has 4 N–H and O–H groups in total. The van der Waals surface area contributed by atoms with Crippen LogP contribution in [0.2, 0.25) is 0 Å². The Morgan fingerprint density at radius 2 is 2.22 bits per heavy atom. The van der Waals surface area contributed by atoms with E-state index in [9.17, 15) is 4.79 Å². The Bertz CT molecular complexity index is 157. The van der Waals surface area contributed by atoms with Crippen LogP contribution in [0.1, 0.15) is 6.92 Å². The van der Waals surface area contributed by atoms with Gasteiger partial charge in [-0.1, -0.05) is 5.16 Å². The number of rotatable bonds is 2. The van der Waals surface area contributed by atoms with Crippen molar-refractivity contribution in [3.8, 4) is 0 Å². The molecule has 0 heterocycles. The molecule has 0 aromatic heterocycles. The smallest absolute Gasteiger partial charge is 0.272 e. The molecule has 0 spiro atoms. The Labute approximate surface area is 51.7 Å². The summed E-state index contributed by atoms with van der Waals surface area (Å²) < 4.78 is 0. The van der Waals surface area contributed by atoms with Crippen LogP contribution < -0.4 is 5.73 Å². The fraction of sp³-hybridized carbons (Fsp3) is 0.250. The minimum atomic E-state index is -0.898. The van der Waals surface area contributed by atoms with Crippen LogP contribution in [0, 0.1) is 5.41 Å². The van der Waals surface area contributed by atoms with Crippen LogP contribution in [0.25, 0.3) is 0 Å². The number of nitrogens with one attached hydrogen (secondary N) is 1. The van der Waals surface area contributed by atoms with Gasteiger partial charge in [0.15, 0.2) is 5.71 Å². The molecule has 0 aliphatic carbocycles. The fourth-order valence-corrected chi connectivity index (χ4v) is 0.309. The molecule has 9 heavy (non-hydrogen) atoms. The van der Waals surface area contributed by atoms with Crippen LogP contribution in [-0.2, 0) is 4.79 Å². The molecule has 0 aromatic rings. The van der Waals surface area contributed by atoms with E-state index in [2.05, 4.69) is 10.9 Å². The standard InChI is InChI=1S/C4H7N3O2/c1-2(5)3(7-9)4(6)8/h5,9H,1H3,(H2,6,8). The highest BCUT2D eigenvalue weighted by atomic mass is 16.4. The second-order valence-corrected chi connectivity index (χ2v) is 1.44. The molecule has 0 aliphatic heterocycles. The van der Waals surface area contributed by atoms with Crippen LogP contribution >= 0.6 is 0 Å². The number of hydrogen-bond acceptors (Lipinski definition) is 4. The minimum absolute atomic E-state index is 0.148. The molecule has 5 nitrogen and oxygen atoms in total. The summed E-state index contributed by atoms with van der Waals surface area (Å²) in [6.45, 7) is 1.31. The second-order valence-electron chi connectivity index (χ2n) is 1.44. The molecule has 1 amide bonds. The number of primary amides is 1. The SMILES string of the molecule is CC(=N)C(=NO)C(N)=O. The van der Waals surface area contributed by atoms with E-state index in [4.69, 9.17) is 10.6 Å². The summed E-state index contributed by atoms with van der Waals surface area (Å²) in [5.41, 5.74) is 4.12. The summed E-state index contributed by atoms with van der Waals surface area (Å²) in [6, 6.07) is 0. The topological polar surface area (TPSA) is 99.5 Å². The summed E-state index contributed by atoms with van der Waals surface area (Å²) in [5, 5.41) is 17.3. The van der Waals surface area contributed by atoms with Crippen LogP contribution in [0.5, 0.6) is 0 Å². The highest BCUT2D eigenvalue weighted by Gasteiger charge is 2.08. The number of amides is 1. The number of nitrogens with zero attached hydrogens (tertiary/aromatic N) is 1. The Kier molecular flexibility index (Phi) is 2.37. The van der Waals surface area contributed by atoms with Gasteiger partial charge in [-0.15, -0.1) is 0 Å². The summed E-state index contributed by atoms with van der Waals surface area (Å²) in [7, 11) is 0. The third-order valence-electron chi connectivity index (χ3n) is 0.689. The zero-order valence-corrected chi connectivity index (χ0v) is 4.88. The van der Waals surface area contributed by atoms with Gasteiger partial charge >= 0.3 is 0 Å². The predicted molar refractivity (Wildman–Crippen MR) is 31.8 cm³/mol. The van der Waals surface area contributed by atoms with E-state index in [-0.39, 0.29) is 5.71 Å². The number of hydrogen-bond donors (Lipinski definition) is 3. The normalized spacial score (nSPS) is 11.0. The number of carbonyl (C=O) groups is 1. The van der Waals surface area contributed by atoms with Crippen molar-refractivity contribution in [2.75, 3.05) is 0 Å². The summed E-state index contributed by atoms with van der Waals surface area (Å²) in [5.74, 6) is -0.898. The van der Waals surface area contributed by atoms with E-state index < -0.39 is 11.6 Å². The van der Waals surface area contributed by atoms with Crippen molar-refractivity contribution < 1.29 is 10.0 Å². The lowest BCUT2D eigenvalue weighted by molar-refractivity contribution is -0.111. The number of nitrogens with two attached hydrogens (primary N) is 1. The highest BCUT2D eigenvalue weighted by Crippen LogP contribution is 1.77. The predicted octanol–water partition coefficient (Wildman–Crippen LogP) is -0.658. The Morgan fingerprint density at radius 3 is 2.22 bits per heavy atom. The van der Waals surface area contributed by atoms with Gasteiger partial charge in [-0.2, -0.15) is 0 Å². The van der Waals surface area contributed by atoms with E-state index >= 15 is 0 Å². The lowest BCUT2D eigenvalue weighted by Gasteiger charge is -1.92. The molecule has 0 bridgehead atoms. The molecule has 0 aliphatic rings. The van der Waals surface area contributed by atoms with Crippen molar-refractivity contribution in [3.05, 3.63) is 0 Å². The van der Waals surface area contributed by atoms with Gasteiger partial charge < -0.3 is 16.4 Å².